The van der Waals surface area contributed by atoms with Gasteiger partial charge in [0.25, 0.3) is 0 Å². The fourth-order valence-corrected chi connectivity index (χ4v) is 5.97. The van der Waals surface area contributed by atoms with Crippen LogP contribution < -0.4 is 15.2 Å². The lowest BCUT2D eigenvalue weighted by Crippen LogP contribution is -2.45. The topological polar surface area (TPSA) is 85.3 Å². The summed E-state index contributed by atoms with van der Waals surface area (Å²) in [5.41, 5.74) is 8.13. The molecule has 4 aromatic rings. The molecule has 0 saturated carbocycles. The van der Waals surface area contributed by atoms with E-state index in [0.717, 1.165) is 65.1 Å². The van der Waals surface area contributed by atoms with Crippen molar-refractivity contribution in [2.75, 3.05) is 46.4 Å². The maximum atomic E-state index is 11.8. The number of thiophene rings is 1. The van der Waals surface area contributed by atoms with Crippen LogP contribution in [0.2, 0.25) is 5.02 Å². The van der Waals surface area contributed by atoms with E-state index in [4.69, 9.17) is 26.8 Å². The van der Waals surface area contributed by atoms with E-state index in [-0.39, 0.29) is 12.5 Å². The number of ether oxygens (including phenoxy) is 2. The normalized spacial score (nSPS) is 15.6. The van der Waals surface area contributed by atoms with Gasteiger partial charge in [0.15, 0.2) is 0 Å². The van der Waals surface area contributed by atoms with E-state index in [2.05, 4.69) is 21.8 Å². The van der Waals surface area contributed by atoms with Gasteiger partial charge in [-0.25, -0.2) is 4.98 Å². The Bertz CT molecular complexity index is 1410. The van der Waals surface area contributed by atoms with E-state index < -0.39 is 5.91 Å². The lowest BCUT2D eigenvalue weighted by molar-refractivity contribution is -0.117. The molecule has 5 rings (SSSR count). The van der Waals surface area contributed by atoms with Crippen molar-refractivity contribution >= 4 is 34.5 Å². The van der Waals surface area contributed by atoms with Crippen molar-refractivity contribution in [2.45, 2.75) is 19.4 Å². The highest BCUT2D eigenvalue weighted by Gasteiger charge is 2.20. The third-order valence-corrected chi connectivity index (χ3v) is 8.24. The van der Waals surface area contributed by atoms with E-state index >= 15 is 0 Å². The van der Waals surface area contributed by atoms with Crippen LogP contribution in [-0.4, -0.2) is 71.5 Å². The minimum Gasteiger partial charge on any atom is -0.491 e. The number of nitrogens with two attached hydrogens (primary N) is 1. The highest BCUT2D eigenvalue weighted by molar-refractivity contribution is 7.15. The molecular formula is C28H32ClN5O3S. The number of nitrogens with zero attached hydrogens (tertiary/aromatic N) is 4. The van der Waals surface area contributed by atoms with Gasteiger partial charge in [0.05, 0.1) is 34.3 Å². The van der Waals surface area contributed by atoms with Crippen LogP contribution in [0.3, 0.4) is 0 Å². The predicted octanol–water partition coefficient (Wildman–Crippen LogP) is 4.51. The standard InChI is InChI=1S/C28H32ClN5O3S/c1-19(21-5-3-4-6-22(21)29)37-24-15-25(38-26(24)16-27(30)35)23-17-31-28-8-7-20(18-34(23)28)36-14-13-33-11-9-32(2)10-12-33/h3-8,15,17-19H,9-14,16H2,1-2H3,(H2,30,35). The summed E-state index contributed by atoms with van der Waals surface area (Å²) >= 11 is 7.86. The van der Waals surface area contributed by atoms with Gasteiger partial charge in [0.2, 0.25) is 5.91 Å². The Hall–Kier alpha value is -3.11. The number of carbonyl (C=O) groups excluding carboxylic acids is 1. The number of piperazine rings is 1. The summed E-state index contributed by atoms with van der Waals surface area (Å²) in [6.45, 7) is 7.77. The van der Waals surface area contributed by atoms with Crippen LogP contribution in [-0.2, 0) is 11.2 Å². The van der Waals surface area contributed by atoms with Crippen LogP contribution in [0.25, 0.3) is 16.2 Å². The van der Waals surface area contributed by atoms with E-state index in [1.165, 1.54) is 11.3 Å². The van der Waals surface area contributed by atoms with Gasteiger partial charge in [-0.05, 0) is 32.2 Å². The van der Waals surface area contributed by atoms with Gasteiger partial charge >= 0.3 is 0 Å². The number of likely N-dealkylation sites (N-methyl/N-ethyl adjacent to an activating group) is 1. The molecule has 200 valence electrons. The van der Waals surface area contributed by atoms with Gasteiger partial charge in [-0.15, -0.1) is 11.3 Å². The molecule has 1 saturated heterocycles. The van der Waals surface area contributed by atoms with Crippen LogP contribution in [0.4, 0.5) is 0 Å². The van der Waals surface area contributed by atoms with Crippen molar-refractivity contribution in [3.8, 4) is 22.1 Å². The molecule has 0 aliphatic carbocycles. The molecule has 0 bridgehead atoms. The molecule has 10 heteroatoms. The molecule has 3 aromatic heterocycles. The Morgan fingerprint density at radius 3 is 2.74 bits per heavy atom. The second kappa shape index (κ2) is 11.7. The molecule has 1 aliphatic rings. The lowest BCUT2D eigenvalue weighted by Gasteiger charge is -2.32. The van der Waals surface area contributed by atoms with Crippen LogP contribution in [0.15, 0.2) is 54.9 Å². The minimum absolute atomic E-state index is 0.0899. The lowest BCUT2D eigenvalue weighted by atomic mass is 10.1. The number of fused-ring (bicyclic) bond motifs is 1. The van der Waals surface area contributed by atoms with Crippen LogP contribution >= 0.6 is 22.9 Å². The summed E-state index contributed by atoms with van der Waals surface area (Å²) in [6, 6.07) is 13.4. The third-order valence-electron chi connectivity index (χ3n) is 6.75. The number of carbonyl (C=O) groups is 1. The third kappa shape index (κ3) is 6.13. The fourth-order valence-electron chi connectivity index (χ4n) is 4.57. The van der Waals surface area contributed by atoms with Crippen molar-refractivity contribution in [3.63, 3.8) is 0 Å². The predicted molar refractivity (Wildman–Crippen MR) is 151 cm³/mol. The molecule has 38 heavy (non-hydrogen) atoms. The van der Waals surface area contributed by atoms with Gasteiger partial charge in [-0.2, -0.15) is 0 Å². The van der Waals surface area contributed by atoms with Gasteiger partial charge in [0.1, 0.15) is 29.9 Å². The Morgan fingerprint density at radius 2 is 1.97 bits per heavy atom. The van der Waals surface area contributed by atoms with Crippen molar-refractivity contribution in [1.82, 2.24) is 19.2 Å². The molecule has 1 fully saturated rings. The van der Waals surface area contributed by atoms with Crippen molar-refractivity contribution < 1.29 is 14.3 Å². The first-order chi connectivity index (χ1) is 18.4. The summed E-state index contributed by atoms with van der Waals surface area (Å²) in [5, 5.41) is 0.633. The Balaban J connectivity index is 1.36. The molecule has 1 aliphatic heterocycles. The number of benzene rings is 1. The molecular weight excluding hydrogens is 522 g/mol. The number of aromatic nitrogens is 2. The summed E-state index contributed by atoms with van der Waals surface area (Å²) in [7, 11) is 2.16. The number of hydrogen-bond donors (Lipinski definition) is 1. The monoisotopic (exact) mass is 553 g/mol. The largest absolute Gasteiger partial charge is 0.491 e. The number of halogens is 1. The second-order valence-electron chi connectivity index (χ2n) is 9.55. The molecule has 0 spiro atoms. The van der Waals surface area contributed by atoms with E-state index in [9.17, 15) is 4.79 Å². The Kier molecular flexibility index (Phi) is 8.18. The molecule has 8 nitrogen and oxygen atoms in total. The summed E-state index contributed by atoms with van der Waals surface area (Å²) < 4.78 is 14.4. The van der Waals surface area contributed by atoms with Crippen molar-refractivity contribution in [1.29, 1.82) is 0 Å². The molecule has 1 atom stereocenters. The number of pyridine rings is 1. The quantitative estimate of drug-likeness (QED) is 0.311. The van der Waals surface area contributed by atoms with Gasteiger partial charge in [-0.3, -0.25) is 14.1 Å². The molecule has 0 radical (unpaired) electrons. The van der Waals surface area contributed by atoms with E-state index in [1.54, 1.807) is 0 Å². The first-order valence-corrected chi connectivity index (χ1v) is 13.9. The van der Waals surface area contributed by atoms with Crippen LogP contribution in [0.1, 0.15) is 23.5 Å². The molecule has 2 N–H and O–H groups in total. The highest BCUT2D eigenvalue weighted by atomic mass is 35.5. The van der Waals surface area contributed by atoms with Gasteiger partial charge in [0, 0.05) is 49.4 Å². The van der Waals surface area contributed by atoms with E-state index in [0.29, 0.717) is 17.4 Å². The smallest absolute Gasteiger partial charge is 0.222 e. The maximum absolute atomic E-state index is 11.8. The van der Waals surface area contributed by atoms with Crippen molar-refractivity contribution in [3.05, 3.63) is 70.3 Å². The molecule has 1 aromatic carbocycles. The molecule has 4 heterocycles. The molecule has 1 unspecified atom stereocenters. The van der Waals surface area contributed by atoms with Crippen LogP contribution in [0.5, 0.6) is 11.5 Å². The zero-order chi connectivity index (χ0) is 26.6. The number of rotatable bonds is 10. The van der Waals surface area contributed by atoms with Crippen LogP contribution in [0, 0.1) is 0 Å². The SMILES string of the molecule is CC(Oc1cc(-c2cnc3ccc(OCCN4CCN(C)CC4)cn23)sc1CC(N)=O)c1ccccc1Cl. The zero-order valence-electron chi connectivity index (χ0n) is 21.6. The van der Waals surface area contributed by atoms with Gasteiger partial charge < -0.3 is 20.1 Å². The van der Waals surface area contributed by atoms with Crippen molar-refractivity contribution in [2.24, 2.45) is 5.73 Å². The number of hydrogen-bond acceptors (Lipinski definition) is 7. The highest BCUT2D eigenvalue weighted by Crippen LogP contribution is 2.39. The summed E-state index contributed by atoms with van der Waals surface area (Å²) in [5.74, 6) is 0.984. The minimum atomic E-state index is -0.414. The summed E-state index contributed by atoms with van der Waals surface area (Å²) in [6.07, 6.45) is 3.57. The number of imidazole rings is 1. The Labute approximate surface area is 231 Å². The zero-order valence-corrected chi connectivity index (χ0v) is 23.2. The average molecular weight is 554 g/mol. The number of primary amides is 1. The first-order valence-electron chi connectivity index (χ1n) is 12.7. The van der Waals surface area contributed by atoms with Gasteiger partial charge in [-0.1, -0.05) is 29.8 Å². The molecule has 1 amide bonds. The maximum Gasteiger partial charge on any atom is 0.222 e. The summed E-state index contributed by atoms with van der Waals surface area (Å²) in [4.78, 5) is 22.9. The van der Waals surface area contributed by atoms with E-state index in [1.807, 2.05) is 66.2 Å². The second-order valence-corrected chi connectivity index (χ2v) is 11.1. The fraction of sp³-hybridized carbons (Fsp3) is 0.357. The first kappa shape index (κ1) is 26.5. The number of amides is 1. The Morgan fingerprint density at radius 1 is 1.18 bits per heavy atom. The average Bonchev–Trinajstić information content (AvgIpc) is 3.48.